The summed E-state index contributed by atoms with van der Waals surface area (Å²) in [6.45, 7) is 9.69. The zero-order valence-corrected chi connectivity index (χ0v) is 12.0. The third-order valence-electron chi connectivity index (χ3n) is 3.38. The van der Waals surface area contributed by atoms with Crippen molar-refractivity contribution in [3.63, 3.8) is 0 Å². The lowest BCUT2D eigenvalue weighted by Gasteiger charge is -2.21. The minimum atomic E-state index is -0.618. The highest BCUT2D eigenvalue weighted by Gasteiger charge is 2.42. The summed E-state index contributed by atoms with van der Waals surface area (Å²) < 4.78 is 11.4. The molecule has 0 radical (unpaired) electrons. The van der Waals surface area contributed by atoms with Crippen molar-refractivity contribution in [2.24, 2.45) is 0 Å². The third kappa shape index (κ3) is 4.71. The van der Waals surface area contributed by atoms with Gasteiger partial charge < -0.3 is 14.6 Å². The summed E-state index contributed by atoms with van der Waals surface area (Å²) in [4.78, 5) is 0. The minimum Gasteiger partial charge on any atom is -0.390 e. The molecule has 1 N–H and O–H groups in total. The Labute approximate surface area is 111 Å². The Balaban J connectivity index is 2.32. The van der Waals surface area contributed by atoms with E-state index in [1.165, 1.54) is 25.7 Å². The molecule has 18 heavy (non-hydrogen) atoms. The third-order valence-corrected chi connectivity index (χ3v) is 3.38. The fourth-order valence-corrected chi connectivity index (χ4v) is 2.42. The van der Waals surface area contributed by atoms with Crippen molar-refractivity contribution in [1.29, 1.82) is 0 Å². The standard InChI is InChI=1S/C15H28O3/c1-5-7-8-9-10-11-12(16)14-13(6-2)17-15(3,4)18-14/h6,12-14,16H,2,5,7-11H2,1,3-4H3/t12-,13-,14+/m0/s1. The van der Waals surface area contributed by atoms with Gasteiger partial charge in [0, 0.05) is 0 Å². The monoisotopic (exact) mass is 256 g/mol. The summed E-state index contributed by atoms with van der Waals surface area (Å²) in [5.41, 5.74) is 0. The molecule has 1 aliphatic rings. The average molecular weight is 256 g/mol. The molecule has 0 aromatic rings. The topological polar surface area (TPSA) is 38.7 Å². The second kappa shape index (κ2) is 7.27. The Morgan fingerprint density at radius 2 is 1.89 bits per heavy atom. The van der Waals surface area contributed by atoms with Gasteiger partial charge in [-0.25, -0.2) is 0 Å². The van der Waals surface area contributed by atoms with Gasteiger partial charge in [-0.3, -0.25) is 0 Å². The lowest BCUT2D eigenvalue weighted by atomic mass is 10.0. The van der Waals surface area contributed by atoms with E-state index in [0.717, 1.165) is 12.8 Å². The number of hydrogen-bond acceptors (Lipinski definition) is 3. The molecule has 0 unspecified atom stereocenters. The largest absolute Gasteiger partial charge is 0.390 e. The molecule has 1 heterocycles. The second-order valence-corrected chi connectivity index (χ2v) is 5.57. The maximum absolute atomic E-state index is 10.2. The van der Waals surface area contributed by atoms with Crippen LogP contribution in [-0.2, 0) is 9.47 Å². The molecule has 0 aliphatic carbocycles. The van der Waals surface area contributed by atoms with Crippen LogP contribution in [0.1, 0.15) is 59.3 Å². The fraction of sp³-hybridized carbons (Fsp3) is 0.867. The van der Waals surface area contributed by atoms with Crippen molar-refractivity contribution in [3.05, 3.63) is 12.7 Å². The van der Waals surface area contributed by atoms with Gasteiger partial charge in [-0.15, -0.1) is 6.58 Å². The Morgan fingerprint density at radius 3 is 2.50 bits per heavy atom. The molecular weight excluding hydrogens is 228 g/mol. The van der Waals surface area contributed by atoms with E-state index in [1.807, 2.05) is 13.8 Å². The molecule has 3 nitrogen and oxygen atoms in total. The van der Waals surface area contributed by atoms with Crippen LogP contribution in [0.3, 0.4) is 0 Å². The zero-order valence-electron chi connectivity index (χ0n) is 12.0. The highest BCUT2D eigenvalue weighted by molar-refractivity contribution is 4.96. The van der Waals surface area contributed by atoms with Crippen molar-refractivity contribution in [2.75, 3.05) is 0 Å². The average Bonchev–Trinajstić information content (AvgIpc) is 2.64. The second-order valence-electron chi connectivity index (χ2n) is 5.57. The zero-order chi connectivity index (χ0) is 13.6. The Bertz CT molecular complexity index is 250. The predicted octanol–water partition coefficient (Wildman–Crippen LogP) is 3.41. The normalized spacial score (nSPS) is 28.2. The van der Waals surface area contributed by atoms with Crippen LogP contribution < -0.4 is 0 Å². The molecule has 1 saturated heterocycles. The Kier molecular flexibility index (Phi) is 6.33. The minimum absolute atomic E-state index is 0.203. The van der Waals surface area contributed by atoms with Crippen LogP contribution in [0.5, 0.6) is 0 Å². The lowest BCUT2D eigenvalue weighted by Crippen LogP contribution is -2.34. The van der Waals surface area contributed by atoms with E-state index < -0.39 is 11.9 Å². The summed E-state index contributed by atoms with van der Waals surface area (Å²) in [5.74, 6) is -0.618. The van der Waals surface area contributed by atoms with Crippen LogP contribution in [0.25, 0.3) is 0 Å². The van der Waals surface area contributed by atoms with Gasteiger partial charge >= 0.3 is 0 Å². The van der Waals surface area contributed by atoms with Gasteiger partial charge in [0.1, 0.15) is 12.2 Å². The van der Waals surface area contributed by atoms with Crippen LogP contribution >= 0.6 is 0 Å². The first-order chi connectivity index (χ1) is 8.50. The number of rotatable bonds is 8. The van der Waals surface area contributed by atoms with Gasteiger partial charge in [0.15, 0.2) is 5.79 Å². The molecule has 0 amide bonds. The van der Waals surface area contributed by atoms with Crippen LogP contribution in [-0.4, -0.2) is 29.2 Å². The summed E-state index contributed by atoms with van der Waals surface area (Å²) in [6.07, 6.45) is 7.56. The van der Waals surface area contributed by atoms with Gasteiger partial charge in [-0.2, -0.15) is 0 Å². The highest BCUT2D eigenvalue weighted by Crippen LogP contribution is 2.31. The van der Waals surface area contributed by atoms with Gasteiger partial charge in [0.25, 0.3) is 0 Å². The van der Waals surface area contributed by atoms with Crippen LogP contribution in [0, 0.1) is 0 Å². The van der Waals surface area contributed by atoms with E-state index in [9.17, 15) is 5.11 Å². The lowest BCUT2D eigenvalue weighted by molar-refractivity contribution is -0.153. The summed E-state index contributed by atoms with van der Waals surface area (Å²) in [7, 11) is 0. The molecule has 3 atom stereocenters. The van der Waals surface area contributed by atoms with Gasteiger partial charge in [-0.05, 0) is 20.3 Å². The van der Waals surface area contributed by atoms with Crippen LogP contribution in [0.2, 0.25) is 0 Å². The van der Waals surface area contributed by atoms with E-state index in [-0.39, 0.29) is 12.2 Å². The van der Waals surface area contributed by atoms with Crippen molar-refractivity contribution in [3.8, 4) is 0 Å². The van der Waals surface area contributed by atoms with Gasteiger partial charge in [-0.1, -0.05) is 45.1 Å². The Hall–Kier alpha value is -0.380. The Morgan fingerprint density at radius 1 is 1.22 bits per heavy atom. The molecule has 0 aromatic heterocycles. The molecule has 1 aliphatic heterocycles. The first kappa shape index (κ1) is 15.7. The van der Waals surface area contributed by atoms with Crippen molar-refractivity contribution >= 4 is 0 Å². The molecule has 1 rings (SSSR count). The van der Waals surface area contributed by atoms with Crippen molar-refractivity contribution in [2.45, 2.75) is 83.4 Å². The van der Waals surface area contributed by atoms with E-state index in [0.29, 0.717) is 0 Å². The van der Waals surface area contributed by atoms with E-state index in [1.54, 1.807) is 6.08 Å². The van der Waals surface area contributed by atoms with Gasteiger partial charge in [0.2, 0.25) is 0 Å². The molecule has 0 aromatic carbocycles. The van der Waals surface area contributed by atoms with E-state index in [4.69, 9.17) is 9.47 Å². The number of ether oxygens (including phenoxy) is 2. The summed E-state index contributed by atoms with van der Waals surface area (Å²) >= 11 is 0. The molecule has 3 heteroatoms. The van der Waals surface area contributed by atoms with E-state index in [2.05, 4.69) is 13.5 Å². The first-order valence-electron chi connectivity index (χ1n) is 7.16. The van der Waals surface area contributed by atoms with Crippen LogP contribution in [0.4, 0.5) is 0 Å². The predicted molar refractivity (Wildman–Crippen MR) is 73.4 cm³/mol. The first-order valence-corrected chi connectivity index (χ1v) is 7.16. The van der Waals surface area contributed by atoms with Crippen molar-refractivity contribution in [1.82, 2.24) is 0 Å². The number of aliphatic hydroxyl groups is 1. The smallest absolute Gasteiger partial charge is 0.164 e. The molecule has 106 valence electrons. The summed E-state index contributed by atoms with van der Waals surface area (Å²) in [5, 5.41) is 10.2. The van der Waals surface area contributed by atoms with Crippen molar-refractivity contribution < 1.29 is 14.6 Å². The maximum atomic E-state index is 10.2. The fourth-order valence-electron chi connectivity index (χ4n) is 2.42. The number of hydrogen-bond donors (Lipinski definition) is 1. The maximum Gasteiger partial charge on any atom is 0.164 e. The quantitative estimate of drug-likeness (QED) is 0.534. The molecule has 1 fully saturated rings. The summed E-state index contributed by atoms with van der Waals surface area (Å²) in [6, 6.07) is 0. The molecule has 0 bridgehead atoms. The number of unbranched alkanes of at least 4 members (excludes halogenated alkanes) is 4. The molecule has 0 saturated carbocycles. The molecular formula is C15H28O3. The molecule has 0 spiro atoms. The van der Waals surface area contributed by atoms with Gasteiger partial charge in [0.05, 0.1) is 6.10 Å². The van der Waals surface area contributed by atoms with Crippen LogP contribution in [0.15, 0.2) is 12.7 Å². The SMILES string of the molecule is C=C[C@@H]1OC(C)(C)O[C@@H]1[C@@H](O)CCCCCCC. The highest BCUT2D eigenvalue weighted by atomic mass is 16.8. The number of aliphatic hydroxyl groups excluding tert-OH is 1. The van der Waals surface area contributed by atoms with E-state index >= 15 is 0 Å².